The van der Waals surface area contributed by atoms with Crippen LogP contribution in [0.25, 0.3) is 0 Å². The van der Waals surface area contributed by atoms with Crippen LogP contribution in [0.3, 0.4) is 0 Å². The Morgan fingerprint density at radius 1 is 1.46 bits per heavy atom. The molecule has 1 heterocycles. The Labute approximate surface area is 83.3 Å². The zero-order valence-electron chi connectivity index (χ0n) is 7.60. The molecule has 1 fully saturated rings. The predicted octanol–water partition coefficient (Wildman–Crippen LogP) is 2.03. The predicted molar refractivity (Wildman–Crippen MR) is 56.5 cm³/mol. The molecule has 0 bridgehead atoms. The summed E-state index contributed by atoms with van der Waals surface area (Å²) in [6.07, 6.45) is 0. The molecule has 1 aliphatic rings. The first-order chi connectivity index (χ1) is 6.25. The molecule has 0 spiro atoms. The molecular weight excluding hydrogens is 184 g/mol. The number of benzene rings is 1. The molecule has 2 nitrogen and oxygen atoms in total. The largest absolute Gasteiger partial charge is 0.380 e. The molecule has 2 rings (SSSR count). The van der Waals surface area contributed by atoms with Crippen molar-refractivity contribution in [3.8, 4) is 0 Å². The van der Waals surface area contributed by atoms with E-state index in [0.717, 1.165) is 29.4 Å². The summed E-state index contributed by atoms with van der Waals surface area (Å²) in [5, 5.41) is 7.47. The summed E-state index contributed by atoms with van der Waals surface area (Å²) in [6, 6.07) is 6.63. The van der Waals surface area contributed by atoms with Crippen LogP contribution in [0, 0.1) is 6.92 Å². The average molecular weight is 197 g/mol. The van der Waals surface area contributed by atoms with Gasteiger partial charge in [0.15, 0.2) is 0 Å². The van der Waals surface area contributed by atoms with Crippen molar-refractivity contribution >= 4 is 17.3 Å². The van der Waals surface area contributed by atoms with Crippen molar-refractivity contribution in [2.45, 2.75) is 13.0 Å². The summed E-state index contributed by atoms with van der Waals surface area (Å²) in [5.41, 5.74) is 2.28. The Kier molecular flexibility index (Phi) is 2.42. The van der Waals surface area contributed by atoms with Gasteiger partial charge in [-0.25, -0.2) is 0 Å². The van der Waals surface area contributed by atoms with Gasteiger partial charge in [-0.15, -0.1) is 0 Å². The van der Waals surface area contributed by atoms with Gasteiger partial charge in [-0.2, -0.15) is 0 Å². The van der Waals surface area contributed by atoms with E-state index in [4.69, 9.17) is 11.6 Å². The topological polar surface area (TPSA) is 24.1 Å². The summed E-state index contributed by atoms with van der Waals surface area (Å²) in [7, 11) is 0. The van der Waals surface area contributed by atoms with Crippen molar-refractivity contribution in [2.24, 2.45) is 0 Å². The summed E-state index contributed by atoms with van der Waals surface area (Å²) in [4.78, 5) is 0. The Morgan fingerprint density at radius 2 is 2.23 bits per heavy atom. The Hall–Kier alpha value is -0.730. The van der Waals surface area contributed by atoms with E-state index in [9.17, 15) is 0 Å². The van der Waals surface area contributed by atoms with Gasteiger partial charge in [-0.05, 0) is 30.7 Å². The first-order valence-corrected chi connectivity index (χ1v) is 4.87. The molecule has 70 valence electrons. The molecule has 0 amide bonds. The van der Waals surface area contributed by atoms with E-state index in [1.165, 1.54) is 0 Å². The maximum absolute atomic E-state index is 5.92. The molecule has 1 aromatic rings. The molecule has 0 aromatic heterocycles. The smallest absolute Gasteiger partial charge is 0.0510 e. The molecule has 1 aromatic carbocycles. The Morgan fingerprint density at radius 3 is 2.77 bits per heavy atom. The number of rotatable bonds is 2. The molecule has 3 heteroatoms. The maximum Gasteiger partial charge on any atom is 0.0510 e. The van der Waals surface area contributed by atoms with E-state index in [1.807, 2.05) is 19.1 Å². The number of anilines is 1. The first-order valence-electron chi connectivity index (χ1n) is 4.49. The Bertz CT molecular complexity index is 308. The molecule has 13 heavy (non-hydrogen) atoms. The minimum absolute atomic E-state index is 0.584. The van der Waals surface area contributed by atoms with Gasteiger partial charge in [0.2, 0.25) is 0 Å². The van der Waals surface area contributed by atoms with E-state index in [2.05, 4.69) is 16.7 Å². The van der Waals surface area contributed by atoms with Crippen LogP contribution in [-0.4, -0.2) is 19.1 Å². The van der Waals surface area contributed by atoms with Gasteiger partial charge < -0.3 is 10.6 Å². The SMILES string of the molecule is Cc1cc(NC2CNC2)ccc1Cl. The standard InChI is InChI=1S/C10H13ClN2/c1-7-4-8(2-3-10(7)11)13-9-5-12-6-9/h2-4,9,12-13H,5-6H2,1H3. The lowest BCUT2D eigenvalue weighted by molar-refractivity contribution is 0.472. The van der Waals surface area contributed by atoms with Crippen molar-refractivity contribution in [3.05, 3.63) is 28.8 Å². The third-order valence-corrected chi connectivity index (χ3v) is 2.73. The summed E-state index contributed by atoms with van der Waals surface area (Å²) < 4.78 is 0. The Balaban J connectivity index is 2.07. The van der Waals surface area contributed by atoms with Crippen LogP contribution < -0.4 is 10.6 Å². The van der Waals surface area contributed by atoms with E-state index < -0.39 is 0 Å². The van der Waals surface area contributed by atoms with Gasteiger partial charge in [0.1, 0.15) is 0 Å². The molecule has 0 atom stereocenters. The van der Waals surface area contributed by atoms with Crippen molar-refractivity contribution in [1.29, 1.82) is 0 Å². The molecular formula is C10H13ClN2. The lowest BCUT2D eigenvalue weighted by atomic mass is 10.1. The van der Waals surface area contributed by atoms with Gasteiger partial charge >= 0.3 is 0 Å². The lowest BCUT2D eigenvalue weighted by Crippen LogP contribution is -2.51. The summed E-state index contributed by atoms with van der Waals surface area (Å²) in [6.45, 7) is 4.13. The van der Waals surface area contributed by atoms with Crippen LogP contribution in [0.1, 0.15) is 5.56 Å². The zero-order chi connectivity index (χ0) is 9.26. The number of aryl methyl sites for hydroxylation is 1. The number of nitrogens with one attached hydrogen (secondary N) is 2. The molecule has 0 saturated carbocycles. The minimum atomic E-state index is 0.584. The fourth-order valence-electron chi connectivity index (χ4n) is 1.36. The van der Waals surface area contributed by atoms with Crippen LogP contribution >= 0.6 is 11.6 Å². The fourth-order valence-corrected chi connectivity index (χ4v) is 1.48. The van der Waals surface area contributed by atoms with Crippen LogP contribution in [-0.2, 0) is 0 Å². The third-order valence-electron chi connectivity index (χ3n) is 2.31. The van der Waals surface area contributed by atoms with Gasteiger partial charge in [-0.3, -0.25) is 0 Å². The van der Waals surface area contributed by atoms with Crippen molar-refractivity contribution < 1.29 is 0 Å². The number of hydrogen-bond acceptors (Lipinski definition) is 2. The highest BCUT2D eigenvalue weighted by molar-refractivity contribution is 6.31. The minimum Gasteiger partial charge on any atom is -0.380 e. The molecule has 2 N–H and O–H groups in total. The first kappa shape index (κ1) is 8.85. The lowest BCUT2D eigenvalue weighted by Gasteiger charge is -2.29. The maximum atomic E-state index is 5.92. The van der Waals surface area contributed by atoms with E-state index in [0.29, 0.717) is 6.04 Å². The van der Waals surface area contributed by atoms with Crippen molar-refractivity contribution in [2.75, 3.05) is 18.4 Å². The van der Waals surface area contributed by atoms with Crippen LogP contribution in [0.4, 0.5) is 5.69 Å². The third kappa shape index (κ3) is 1.95. The molecule has 0 aliphatic carbocycles. The number of halogens is 1. The van der Waals surface area contributed by atoms with Crippen molar-refractivity contribution in [1.82, 2.24) is 5.32 Å². The molecule has 1 saturated heterocycles. The number of hydrogen-bond donors (Lipinski definition) is 2. The van der Waals surface area contributed by atoms with Gasteiger partial charge in [0, 0.05) is 23.8 Å². The second-order valence-electron chi connectivity index (χ2n) is 3.46. The van der Waals surface area contributed by atoms with Gasteiger partial charge in [0.25, 0.3) is 0 Å². The second kappa shape index (κ2) is 3.56. The highest BCUT2D eigenvalue weighted by Crippen LogP contribution is 2.20. The van der Waals surface area contributed by atoms with Crippen molar-refractivity contribution in [3.63, 3.8) is 0 Å². The highest BCUT2D eigenvalue weighted by atomic mass is 35.5. The quantitative estimate of drug-likeness (QED) is 0.757. The van der Waals surface area contributed by atoms with E-state index >= 15 is 0 Å². The summed E-state index contributed by atoms with van der Waals surface area (Å²) in [5.74, 6) is 0. The second-order valence-corrected chi connectivity index (χ2v) is 3.87. The zero-order valence-corrected chi connectivity index (χ0v) is 8.36. The molecule has 0 unspecified atom stereocenters. The van der Waals surface area contributed by atoms with Gasteiger partial charge in [0.05, 0.1) is 6.04 Å². The highest BCUT2D eigenvalue weighted by Gasteiger charge is 2.15. The van der Waals surface area contributed by atoms with E-state index in [-0.39, 0.29) is 0 Å². The summed E-state index contributed by atoms with van der Waals surface area (Å²) >= 11 is 5.92. The molecule has 0 radical (unpaired) electrons. The van der Waals surface area contributed by atoms with Crippen LogP contribution in [0.5, 0.6) is 0 Å². The monoisotopic (exact) mass is 196 g/mol. The normalized spacial score (nSPS) is 16.8. The van der Waals surface area contributed by atoms with Crippen LogP contribution in [0.2, 0.25) is 5.02 Å². The van der Waals surface area contributed by atoms with E-state index in [1.54, 1.807) is 0 Å². The fraction of sp³-hybridized carbons (Fsp3) is 0.400. The van der Waals surface area contributed by atoms with Gasteiger partial charge in [-0.1, -0.05) is 11.6 Å². The van der Waals surface area contributed by atoms with Crippen LogP contribution in [0.15, 0.2) is 18.2 Å². The molecule has 1 aliphatic heterocycles. The average Bonchev–Trinajstić information content (AvgIpc) is 2.04.